The zero-order chi connectivity index (χ0) is 13.7. The van der Waals surface area contributed by atoms with Crippen molar-refractivity contribution in [3.05, 3.63) is 35.9 Å². The Balaban J connectivity index is 1.81. The molecule has 0 aliphatic carbocycles. The van der Waals surface area contributed by atoms with E-state index in [2.05, 4.69) is 4.90 Å². The van der Waals surface area contributed by atoms with Gasteiger partial charge in [0.1, 0.15) is 0 Å². The normalized spacial score (nSPS) is 19.1. The number of carbonyl (C=O) groups is 1. The van der Waals surface area contributed by atoms with Crippen molar-refractivity contribution < 1.29 is 14.6 Å². The number of likely N-dealkylation sites (tertiary alicyclic amines) is 1. The molecular formula is C15H21NO3. The molecule has 1 heterocycles. The molecular weight excluding hydrogens is 242 g/mol. The van der Waals surface area contributed by atoms with Crippen molar-refractivity contribution in [3.8, 4) is 0 Å². The molecule has 0 spiro atoms. The smallest absolute Gasteiger partial charge is 0.308 e. The number of aliphatic hydroxyl groups excluding tert-OH is 1. The van der Waals surface area contributed by atoms with Crippen molar-refractivity contribution >= 4 is 5.97 Å². The summed E-state index contributed by atoms with van der Waals surface area (Å²) in [6.45, 7) is 2.30. The van der Waals surface area contributed by atoms with Crippen LogP contribution in [0.3, 0.4) is 0 Å². The first-order valence-electron chi connectivity index (χ1n) is 6.74. The molecule has 1 aliphatic rings. The third-order valence-corrected chi connectivity index (χ3v) is 3.74. The first-order valence-corrected chi connectivity index (χ1v) is 6.74. The van der Waals surface area contributed by atoms with Gasteiger partial charge in [0.15, 0.2) is 0 Å². The van der Waals surface area contributed by atoms with Crippen molar-refractivity contribution in [3.63, 3.8) is 0 Å². The predicted octanol–water partition coefficient (Wildman–Crippen LogP) is 1.60. The molecule has 0 saturated carbocycles. The van der Waals surface area contributed by atoms with Gasteiger partial charge in [0.05, 0.1) is 19.1 Å². The van der Waals surface area contributed by atoms with E-state index in [4.69, 9.17) is 4.74 Å². The molecule has 4 heteroatoms. The lowest BCUT2D eigenvalue weighted by molar-refractivity contribution is -0.147. The van der Waals surface area contributed by atoms with E-state index in [0.717, 1.165) is 31.5 Å². The summed E-state index contributed by atoms with van der Waals surface area (Å²) in [6, 6.07) is 9.68. The van der Waals surface area contributed by atoms with Gasteiger partial charge >= 0.3 is 5.97 Å². The van der Waals surface area contributed by atoms with E-state index in [0.29, 0.717) is 6.54 Å². The highest BCUT2D eigenvalue weighted by Crippen LogP contribution is 2.21. The van der Waals surface area contributed by atoms with Gasteiger partial charge in [-0.05, 0) is 31.5 Å². The summed E-state index contributed by atoms with van der Waals surface area (Å²) < 4.78 is 4.77. The Labute approximate surface area is 114 Å². The van der Waals surface area contributed by atoms with Crippen LogP contribution in [0.25, 0.3) is 0 Å². The second-order valence-electron chi connectivity index (χ2n) is 5.02. The average Bonchev–Trinajstić information content (AvgIpc) is 2.48. The number of methoxy groups -OCH3 is 1. The van der Waals surface area contributed by atoms with Gasteiger partial charge in [0.25, 0.3) is 0 Å². The van der Waals surface area contributed by atoms with Gasteiger partial charge in [-0.25, -0.2) is 0 Å². The monoisotopic (exact) mass is 263 g/mol. The maximum Gasteiger partial charge on any atom is 0.308 e. The van der Waals surface area contributed by atoms with Gasteiger partial charge in [-0.3, -0.25) is 4.79 Å². The van der Waals surface area contributed by atoms with E-state index in [1.54, 1.807) is 0 Å². The van der Waals surface area contributed by atoms with Crippen molar-refractivity contribution in [1.29, 1.82) is 0 Å². The van der Waals surface area contributed by atoms with Crippen LogP contribution in [0.1, 0.15) is 24.5 Å². The summed E-state index contributed by atoms with van der Waals surface area (Å²) in [4.78, 5) is 13.6. The maximum absolute atomic E-state index is 11.4. The lowest BCUT2D eigenvalue weighted by atomic mass is 9.96. The van der Waals surface area contributed by atoms with E-state index in [-0.39, 0.29) is 11.9 Å². The molecule has 4 nitrogen and oxygen atoms in total. The van der Waals surface area contributed by atoms with Crippen LogP contribution < -0.4 is 0 Å². The first kappa shape index (κ1) is 14.0. The second kappa shape index (κ2) is 6.68. The highest BCUT2D eigenvalue weighted by atomic mass is 16.5. The topological polar surface area (TPSA) is 49.8 Å². The summed E-state index contributed by atoms with van der Waals surface area (Å²) in [5, 5.41) is 10.2. The Hall–Kier alpha value is -1.39. The molecule has 1 saturated heterocycles. The Morgan fingerprint density at radius 1 is 1.37 bits per heavy atom. The lowest BCUT2D eigenvalue weighted by Gasteiger charge is -2.32. The summed E-state index contributed by atoms with van der Waals surface area (Å²) in [5.41, 5.74) is 0.942. The zero-order valence-electron chi connectivity index (χ0n) is 11.3. The summed E-state index contributed by atoms with van der Waals surface area (Å²) in [5.74, 6) is -0.0848. The Morgan fingerprint density at radius 2 is 2.00 bits per heavy atom. The Bertz CT molecular complexity index is 399. The van der Waals surface area contributed by atoms with Crippen LogP contribution in [0.4, 0.5) is 0 Å². The number of β-amino-alcohol motifs (C(OH)–C–C–N with tert-alkyl or cyclic N) is 1. The van der Waals surface area contributed by atoms with E-state index >= 15 is 0 Å². The van der Waals surface area contributed by atoms with E-state index in [1.807, 2.05) is 30.3 Å². The third kappa shape index (κ3) is 3.78. The largest absolute Gasteiger partial charge is 0.469 e. The van der Waals surface area contributed by atoms with Crippen molar-refractivity contribution in [2.75, 3.05) is 26.7 Å². The second-order valence-corrected chi connectivity index (χ2v) is 5.02. The molecule has 1 aromatic rings. The minimum absolute atomic E-state index is 0.0233. The van der Waals surface area contributed by atoms with Gasteiger partial charge in [-0.2, -0.15) is 0 Å². The van der Waals surface area contributed by atoms with Crippen molar-refractivity contribution in [2.24, 2.45) is 5.92 Å². The third-order valence-electron chi connectivity index (χ3n) is 3.74. The molecule has 1 atom stereocenters. The predicted molar refractivity (Wildman–Crippen MR) is 72.6 cm³/mol. The first-order chi connectivity index (χ1) is 9.20. The van der Waals surface area contributed by atoms with Crippen LogP contribution in [0.15, 0.2) is 30.3 Å². The molecule has 1 aromatic carbocycles. The minimum atomic E-state index is -0.462. The maximum atomic E-state index is 11.4. The molecule has 2 rings (SSSR count). The number of benzene rings is 1. The quantitative estimate of drug-likeness (QED) is 0.838. The molecule has 19 heavy (non-hydrogen) atoms. The molecule has 0 aromatic heterocycles. The van der Waals surface area contributed by atoms with Crippen LogP contribution >= 0.6 is 0 Å². The van der Waals surface area contributed by atoms with E-state index < -0.39 is 6.10 Å². The molecule has 104 valence electrons. The molecule has 1 N–H and O–H groups in total. The number of piperidine rings is 1. The van der Waals surface area contributed by atoms with E-state index in [9.17, 15) is 9.90 Å². The number of hydrogen-bond donors (Lipinski definition) is 1. The molecule has 0 bridgehead atoms. The summed E-state index contributed by atoms with van der Waals surface area (Å²) in [7, 11) is 1.44. The highest BCUT2D eigenvalue weighted by molar-refractivity contribution is 5.72. The molecule has 0 radical (unpaired) electrons. The summed E-state index contributed by atoms with van der Waals surface area (Å²) >= 11 is 0. The summed E-state index contributed by atoms with van der Waals surface area (Å²) in [6.07, 6.45) is 1.17. The Morgan fingerprint density at radius 3 is 2.58 bits per heavy atom. The van der Waals surface area contributed by atoms with Crippen molar-refractivity contribution in [1.82, 2.24) is 4.90 Å². The number of aliphatic hydroxyl groups is 1. The minimum Gasteiger partial charge on any atom is -0.469 e. The molecule has 1 unspecified atom stereocenters. The van der Waals surface area contributed by atoms with E-state index in [1.165, 1.54) is 7.11 Å². The van der Waals surface area contributed by atoms with Crippen LogP contribution in [-0.2, 0) is 9.53 Å². The fourth-order valence-electron chi connectivity index (χ4n) is 2.54. The van der Waals surface area contributed by atoms with Crippen LogP contribution in [0.2, 0.25) is 0 Å². The number of rotatable bonds is 4. The number of carbonyl (C=O) groups excluding carboxylic acids is 1. The number of esters is 1. The number of hydrogen-bond acceptors (Lipinski definition) is 4. The zero-order valence-corrected chi connectivity index (χ0v) is 11.3. The van der Waals surface area contributed by atoms with Gasteiger partial charge in [0.2, 0.25) is 0 Å². The number of nitrogens with zero attached hydrogens (tertiary/aromatic N) is 1. The van der Waals surface area contributed by atoms with Gasteiger partial charge in [0, 0.05) is 6.54 Å². The van der Waals surface area contributed by atoms with Crippen LogP contribution in [-0.4, -0.2) is 42.7 Å². The van der Waals surface area contributed by atoms with Crippen LogP contribution in [0.5, 0.6) is 0 Å². The Kier molecular flexibility index (Phi) is 4.93. The lowest BCUT2D eigenvalue weighted by Crippen LogP contribution is -2.38. The van der Waals surface area contributed by atoms with Crippen LogP contribution in [0, 0.1) is 5.92 Å². The highest BCUT2D eigenvalue weighted by Gasteiger charge is 2.26. The molecule has 0 amide bonds. The molecule has 1 fully saturated rings. The van der Waals surface area contributed by atoms with Gasteiger partial charge in [-0.15, -0.1) is 0 Å². The van der Waals surface area contributed by atoms with Gasteiger partial charge < -0.3 is 14.7 Å². The standard InChI is InChI=1S/C15H21NO3/c1-19-15(18)13-7-9-16(10-8-13)11-14(17)12-5-3-2-4-6-12/h2-6,13-14,17H,7-11H2,1H3. The fraction of sp³-hybridized carbons (Fsp3) is 0.533. The number of ether oxygens (including phenoxy) is 1. The fourth-order valence-corrected chi connectivity index (χ4v) is 2.54. The SMILES string of the molecule is COC(=O)C1CCN(CC(O)c2ccccc2)CC1. The van der Waals surface area contributed by atoms with Crippen molar-refractivity contribution in [2.45, 2.75) is 18.9 Å². The molecule has 1 aliphatic heterocycles. The van der Waals surface area contributed by atoms with Gasteiger partial charge in [-0.1, -0.05) is 30.3 Å². The average molecular weight is 263 g/mol.